The van der Waals surface area contributed by atoms with E-state index in [2.05, 4.69) is 10.2 Å². The van der Waals surface area contributed by atoms with Crippen molar-refractivity contribution in [2.24, 2.45) is 0 Å². The van der Waals surface area contributed by atoms with Crippen LogP contribution in [-0.2, 0) is 9.53 Å². The van der Waals surface area contributed by atoms with Crippen molar-refractivity contribution in [1.29, 1.82) is 0 Å². The van der Waals surface area contributed by atoms with E-state index in [1.54, 1.807) is 18.2 Å². The number of ether oxygens (including phenoxy) is 1. The highest BCUT2D eigenvalue weighted by atomic mass is 35.5. The maximum absolute atomic E-state index is 11.4. The molecule has 1 atom stereocenters. The first-order valence-corrected chi connectivity index (χ1v) is 7.39. The van der Waals surface area contributed by atoms with Gasteiger partial charge in [-0.1, -0.05) is 23.2 Å². The molecule has 20 heavy (non-hydrogen) atoms. The molecule has 1 saturated heterocycles. The average molecular weight is 331 g/mol. The van der Waals surface area contributed by atoms with Gasteiger partial charge in [0, 0.05) is 11.4 Å². The Hall–Kier alpha value is -1.24. The number of hydrogen-bond acceptors (Lipinski definition) is 6. The van der Waals surface area contributed by atoms with Crippen LogP contribution in [-0.4, -0.2) is 28.0 Å². The van der Waals surface area contributed by atoms with Crippen LogP contribution in [0.2, 0.25) is 10.0 Å². The fourth-order valence-electron chi connectivity index (χ4n) is 1.74. The molecule has 0 aliphatic carbocycles. The summed E-state index contributed by atoms with van der Waals surface area (Å²) in [5.41, 5.74) is 0.601. The van der Waals surface area contributed by atoms with Crippen molar-refractivity contribution in [2.45, 2.75) is 16.9 Å². The van der Waals surface area contributed by atoms with Crippen LogP contribution in [0.25, 0.3) is 11.5 Å². The number of rotatable bonds is 3. The number of carbonyl (C=O) groups is 1. The molecule has 1 fully saturated rings. The zero-order chi connectivity index (χ0) is 14.1. The van der Waals surface area contributed by atoms with E-state index < -0.39 is 0 Å². The lowest BCUT2D eigenvalue weighted by molar-refractivity contribution is -0.137. The molecule has 2 heterocycles. The van der Waals surface area contributed by atoms with Gasteiger partial charge < -0.3 is 9.15 Å². The molecular formula is C12H8Cl2N2O3S. The highest BCUT2D eigenvalue weighted by Gasteiger charge is 2.29. The molecular weight excluding hydrogens is 323 g/mol. The summed E-state index contributed by atoms with van der Waals surface area (Å²) in [6.07, 6.45) is 0.642. The molecule has 1 aliphatic rings. The summed E-state index contributed by atoms with van der Waals surface area (Å²) in [5, 5.41) is 8.81. The van der Waals surface area contributed by atoms with Crippen molar-refractivity contribution < 1.29 is 13.9 Å². The molecule has 8 heteroatoms. The fourth-order valence-corrected chi connectivity index (χ4v) is 3.06. The van der Waals surface area contributed by atoms with Gasteiger partial charge in [0.1, 0.15) is 5.25 Å². The second-order valence-corrected chi connectivity index (χ2v) is 6.06. The third-order valence-corrected chi connectivity index (χ3v) is 4.33. The van der Waals surface area contributed by atoms with Crippen molar-refractivity contribution >= 4 is 40.9 Å². The zero-order valence-electron chi connectivity index (χ0n) is 10.0. The predicted molar refractivity (Wildman–Crippen MR) is 75.0 cm³/mol. The molecule has 0 saturated carbocycles. The quantitative estimate of drug-likeness (QED) is 0.803. The van der Waals surface area contributed by atoms with Crippen LogP contribution in [0.3, 0.4) is 0 Å². The Bertz CT molecular complexity index is 662. The van der Waals surface area contributed by atoms with Crippen molar-refractivity contribution in [2.75, 3.05) is 6.61 Å². The number of aromatic nitrogens is 2. The van der Waals surface area contributed by atoms with E-state index in [-0.39, 0.29) is 11.2 Å². The Morgan fingerprint density at radius 1 is 1.30 bits per heavy atom. The lowest BCUT2D eigenvalue weighted by Gasteiger charge is -2.00. The van der Waals surface area contributed by atoms with Gasteiger partial charge >= 0.3 is 5.97 Å². The number of benzene rings is 1. The van der Waals surface area contributed by atoms with E-state index in [4.69, 9.17) is 32.4 Å². The lowest BCUT2D eigenvalue weighted by atomic mass is 10.2. The Labute approximate surface area is 128 Å². The second kappa shape index (κ2) is 5.63. The third kappa shape index (κ3) is 2.77. The first-order valence-electron chi connectivity index (χ1n) is 5.76. The minimum Gasteiger partial charge on any atom is -0.465 e. The number of carbonyl (C=O) groups excluding carboxylic acids is 1. The van der Waals surface area contributed by atoms with E-state index in [9.17, 15) is 4.79 Å². The Balaban J connectivity index is 1.81. The molecule has 1 aromatic heterocycles. The first kappa shape index (κ1) is 13.7. The molecule has 2 aromatic rings. The smallest absolute Gasteiger partial charge is 0.319 e. The van der Waals surface area contributed by atoms with Gasteiger partial charge in [-0.3, -0.25) is 4.79 Å². The van der Waals surface area contributed by atoms with E-state index in [1.807, 2.05) is 0 Å². The van der Waals surface area contributed by atoms with E-state index in [0.717, 1.165) is 0 Å². The summed E-state index contributed by atoms with van der Waals surface area (Å²) < 4.78 is 10.4. The van der Waals surface area contributed by atoms with Crippen molar-refractivity contribution in [3.63, 3.8) is 0 Å². The molecule has 1 aliphatic heterocycles. The predicted octanol–water partition coefficient (Wildman–Crippen LogP) is 3.45. The van der Waals surface area contributed by atoms with Gasteiger partial charge in [0.25, 0.3) is 5.22 Å². The summed E-state index contributed by atoms with van der Waals surface area (Å²) in [4.78, 5) is 11.4. The van der Waals surface area contributed by atoms with Crippen molar-refractivity contribution in [3.8, 4) is 11.5 Å². The molecule has 3 rings (SSSR count). The average Bonchev–Trinajstić information content (AvgIpc) is 3.00. The van der Waals surface area contributed by atoms with Crippen LogP contribution in [0.4, 0.5) is 0 Å². The molecule has 0 unspecified atom stereocenters. The maximum atomic E-state index is 11.4. The Kier molecular flexibility index (Phi) is 3.87. The molecule has 0 N–H and O–H groups in total. The molecule has 1 aromatic carbocycles. The van der Waals surface area contributed by atoms with Crippen LogP contribution in [0.1, 0.15) is 6.42 Å². The lowest BCUT2D eigenvalue weighted by Crippen LogP contribution is -2.09. The van der Waals surface area contributed by atoms with Crippen LogP contribution < -0.4 is 0 Å². The van der Waals surface area contributed by atoms with Crippen LogP contribution in [0, 0.1) is 0 Å². The summed E-state index contributed by atoms with van der Waals surface area (Å²) >= 11 is 13.1. The highest BCUT2D eigenvalue weighted by Crippen LogP contribution is 2.33. The number of halogens is 2. The molecule has 104 valence electrons. The van der Waals surface area contributed by atoms with Crippen LogP contribution in [0.5, 0.6) is 0 Å². The monoisotopic (exact) mass is 330 g/mol. The molecule has 0 spiro atoms. The van der Waals surface area contributed by atoms with Gasteiger partial charge in [0.05, 0.1) is 17.2 Å². The third-order valence-electron chi connectivity index (χ3n) is 2.70. The second-order valence-electron chi connectivity index (χ2n) is 4.06. The van der Waals surface area contributed by atoms with Gasteiger partial charge in [-0.05, 0) is 30.0 Å². The summed E-state index contributed by atoms with van der Waals surface area (Å²) in [6.45, 7) is 0.431. The number of esters is 1. The van der Waals surface area contributed by atoms with Crippen LogP contribution >= 0.6 is 35.0 Å². The number of nitrogens with zero attached hydrogens (tertiary/aromatic N) is 2. The standard InChI is InChI=1S/C12H8Cl2N2O3S/c13-6-1-2-7(8(14)5-6)10-15-16-12(19-10)20-9-3-4-18-11(9)17/h1-2,5,9H,3-4H2/t9-/m1/s1. The van der Waals surface area contributed by atoms with Crippen molar-refractivity contribution in [1.82, 2.24) is 10.2 Å². The molecule has 5 nitrogen and oxygen atoms in total. The van der Waals surface area contributed by atoms with Crippen LogP contribution in [0.15, 0.2) is 27.8 Å². The number of thioether (sulfide) groups is 1. The van der Waals surface area contributed by atoms with Crippen molar-refractivity contribution in [3.05, 3.63) is 28.2 Å². The molecule has 0 bridgehead atoms. The molecule has 0 amide bonds. The highest BCUT2D eigenvalue weighted by molar-refractivity contribution is 8.00. The minimum absolute atomic E-state index is 0.251. The van der Waals surface area contributed by atoms with E-state index in [1.165, 1.54) is 11.8 Å². The fraction of sp³-hybridized carbons (Fsp3) is 0.250. The summed E-state index contributed by atoms with van der Waals surface area (Å²) in [5.74, 6) is 0.0415. The zero-order valence-corrected chi connectivity index (χ0v) is 12.3. The van der Waals surface area contributed by atoms with E-state index in [0.29, 0.717) is 39.7 Å². The SMILES string of the molecule is O=C1OCC[C@H]1Sc1nnc(-c2ccc(Cl)cc2Cl)o1. The largest absolute Gasteiger partial charge is 0.465 e. The summed E-state index contributed by atoms with van der Waals surface area (Å²) in [6, 6.07) is 4.99. The van der Waals surface area contributed by atoms with Gasteiger partial charge in [0.2, 0.25) is 5.89 Å². The Morgan fingerprint density at radius 3 is 2.85 bits per heavy atom. The molecule has 0 radical (unpaired) electrons. The maximum Gasteiger partial charge on any atom is 0.319 e. The normalized spacial score (nSPS) is 18.3. The Morgan fingerprint density at radius 2 is 2.15 bits per heavy atom. The van der Waals surface area contributed by atoms with Gasteiger partial charge in [-0.15, -0.1) is 10.2 Å². The van der Waals surface area contributed by atoms with E-state index >= 15 is 0 Å². The number of hydrogen-bond donors (Lipinski definition) is 0. The number of cyclic esters (lactones) is 1. The minimum atomic E-state index is -0.288. The van der Waals surface area contributed by atoms with Gasteiger partial charge in [-0.2, -0.15) is 0 Å². The van der Waals surface area contributed by atoms with Gasteiger partial charge in [-0.25, -0.2) is 0 Å². The first-order chi connectivity index (χ1) is 9.63. The summed E-state index contributed by atoms with van der Waals surface area (Å²) in [7, 11) is 0. The van der Waals surface area contributed by atoms with Gasteiger partial charge in [0.15, 0.2) is 0 Å². The topological polar surface area (TPSA) is 65.2 Å².